The molecule has 0 aliphatic carbocycles. The summed E-state index contributed by atoms with van der Waals surface area (Å²) in [5.74, 6) is 0. The van der Waals surface area contributed by atoms with Crippen molar-refractivity contribution >= 4 is 0 Å². The van der Waals surface area contributed by atoms with E-state index in [9.17, 15) is 8.78 Å². The standard InChI is InChI=1S/C11H22F2N2/c1-9(8-14-10(2)11(12)13)15-6-4-3-5-7-15/h9-11,14H,3-8H2,1-2H3. The van der Waals surface area contributed by atoms with E-state index in [0.717, 1.165) is 13.1 Å². The van der Waals surface area contributed by atoms with Gasteiger partial charge in [0, 0.05) is 12.6 Å². The number of rotatable bonds is 5. The van der Waals surface area contributed by atoms with Gasteiger partial charge >= 0.3 is 0 Å². The van der Waals surface area contributed by atoms with Crippen molar-refractivity contribution in [2.75, 3.05) is 19.6 Å². The van der Waals surface area contributed by atoms with Gasteiger partial charge in [0.05, 0.1) is 6.04 Å². The highest BCUT2D eigenvalue weighted by Gasteiger charge is 2.19. The lowest BCUT2D eigenvalue weighted by Crippen LogP contribution is -2.46. The summed E-state index contributed by atoms with van der Waals surface area (Å²) in [7, 11) is 0. The molecule has 90 valence electrons. The molecular weight excluding hydrogens is 198 g/mol. The van der Waals surface area contributed by atoms with Crippen molar-refractivity contribution in [2.45, 2.75) is 51.6 Å². The van der Waals surface area contributed by atoms with Gasteiger partial charge in [-0.15, -0.1) is 0 Å². The Morgan fingerprint density at radius 2 is 1.73 bits per heavy atom. The predicted molar refractivity (Wildman–Crippen MR) is 58.4 cm³/mol. The van der Waals surface area contributed by atoms with Crippen molar-refractivity contribution in [1.29, 1.82) is 0 Å². The van der Waals surface area contributed by atoms with Crippen LogP contribution >= 0.6 is 0 Å². The van der Waals surface area contributed by atoms with E-state index in [1.165, 1.54) is 26.2 Å². The molecule has 1 aliphatic heterocycles. The maximum absolute atomic E-state index is 12.2. The van der Waals surface area contributed by atoms with Gasteiger partial charge in [-0.2, -0.15) is 0 Å². The molecular formula is C11H22F2N2. The molecule has 0 radical (unpaired) electrons. The van der Waals surface area contributed by atoms with Crippen molar-refractivity contribution in [1.82, 2.24) is 10.2 Å². The largest absolute Gasteiger partial charge is 0.308 e. The summed E-state index contributed by atoms with van der Waals surface area (Å²) in [6.45, 7) is 6.54. The van der Waals surface area contributed by atoms with Crippen LogP contribution < -0.4 is 5.32 Å². The fourth-order valence-electron chi connectivity index (χ4n) is 1.93. The summed E-state index contributed by atoms with van der Waals surface area (Å²) in [6.07, 6.45) is 1.53. The molecule has 2 unspecified atom stereocenters. The highest BCUT2D eigenvalue weighted by molar-refractivity contribution is 4.75. The van der Waals surface area contributed by atoms with Crippen LogP contribution in [0.5, 0.6) is 0 Å². The molecule has 0 saturated carbocycles. The van der Waals surface area contributed by atoms with Crippen LogP contribution in [0.2, 0.25) is 0 Å². The van der Waals surface area contributed by atoms with Crippen molar-refractivity contribution < 1.29 is 8.78 Å². The summed E-state index contributed by atoms with van der Waals surface area (Å²) in [5, 5.41) is 2.89. The zero-order chi connectivity index (χ0) is 11.3. The molecule has 0 aromatic rings. The quantitative estimate of drug-likeness (QED) is 0.763. The summed E-state index contributed by atoms with van der Waals surface area (Å²) in [5.41, 5.74) is 0. The minimum atomic E-state index is -2.27. The van der Waals surface area contributed by atoms with Gasteiger partial charge in [0.1, 0.15) is 0 Å². The van der Waals surface area contributed by atoms with Gasteiger partial charge in [0.25, 0.3) is 6.43 Å². The molecule has 4 heteroatoms. The second-order valence-corrected chi connectivity index (χ2v) is 4.48. The van der Waals surface area contributed by atoms with Crippen LogP contribution in [-0.2, 0) is 0 Å². The van der Waals surface area contributed by atoms with Crippen LogP contribution in [0, 0.1) is 0 Å². The number of likely N-dealkylation sites (tertiary alicyclic amines) is 1. The molecule has 1 aliphatic rings. The number of hydrogen-bond acceptors (Lipinski definition) is 2. The molecule has 1 rings (SSSR count). The zero-order valence-electron chi connectivity index (χ0n) is 9.68. The minimum absolute atomic E-state index is 0.367. The predicted octanol–water partition coefficient (Wildman–Crippen LogP) is 2.10. The normalized spacial score (nSPS) is 23.0. The highest BCUT2D eigenvalue weighted by atomic mass is 19.3. The lowest BCUT2D eigenvalue weighted by atomic mass is 10.1. The Kier molecular flexibility index (Phi) is 5.47. The van der Waals surface area contributed by atoms with Crippen LogP contribution in [-0.4, -0.2) is 43.0 Å². The average Bonchev–Trinajstić information content (AvgIpc) is 2.26. The van der Waals surface area contributed by atoms with Crippen LogP contribution in [0.25, 0.3) is 0 Å². The lowest BCUT2D eigenvalue weighted by Gasteiger charge is -2.33. The van der Waals surface area contributed by atoms with Crippen molar-refractivity contribution in [3.63, 3.8) is 0 Å². The molecule has 0 bridgehead atoms. The summed E-state index contributed by atoms with van der Waals surface area (Å²) in [6, 6.07) is -0.330. The molecule has 0 aromatic carbocycles. The second-order valence-electron chi connectivity index (χ2n) is 4.48. The van der Waals surface area contributed by atoms with Gasteiger partial charge < -0.3 is 5.32 Å². The summed E-state index contributed by atoms with van der Waals surface area (Å²) < 4.78 is 24.5. The molecule has 1 N–H and O–H groups in total. The first kappa shape index (κ1) is 12.8. The number of nitrogens with zero attached hydrogens (tertiary/aromatic N) is 1. The van der Waals surface area contributed by atoms with Crippen LogP contribution in [0.4, 0.5) is 8.78 Å². The van der Waals surface area contributed by atoms with E-state index in [0.29, 0.717) is 12.6 Å². The van der Waals surface area contributed by atoms with Gasteiger partial charge in [-0.25, -0.2) is 8.78 Å². The van der Waals surface area contributed by atoms with Crippen molar-refractivity contribution in [3.05, 3.63) is 0 Å². The maximum Gasteiger partial charge on any atom is 0.253 e. The van der Waals surface area contributed by atoms with E-state index in [1.54, 1.807) is 0 Å². The number of hydrogen-bond donors (Lipinski definition) is 1. The Balaban J connectivity index is 2.19. The monoisotopic (exact) mass is 220 g/mol. The van der Waals surface area contributed by atoms with E-state index < -0.39 is 12.5 Å². The molecule has 2 atom stereocenters. The van der Waals surface area contributed by atoms with Gasteiger partial charge in [-0.1, -0.05) is 6.42 Å². The molecule has 1 heterocycles. The fraction of sp³-hybridized carbons (Fsp3) is 1.00. The van der Waals surface area contributed by atoms with E-state index in [1.807, 2.05) is 0 Å². The zero-order valence-corrected chi connectivity index (χ0v) is 9.68. The van der Waals surface area contributed by atoms with Gasteiger partial charge in [0.15, 0.2) is 0 Å². The Morgan fingerprint density at radius 3 is 2.27 bits per heavy atom. The Bertz CT molecular complexity index is 170. The first-order chi connectivity index (χ1) is 7.11. The first-order valence-corrected chi connectivity index (χ1v) is 5.87. The SMILES string of the molecule is CC(NCC(C)N1CCCCC1)C(F)F. The molecule has 0 amide bonds. The fourth-order valence-corrected chi connectivity index (χ4v) is 1.93. The Labute approximate surface area is 91.0 Å². The smallest absolute Gasteiger partial charge is 0.253 e. The van der Waals surface area contributed by atoms with Gasteiger partial charge in [0.2, 0.25) is 0 Å². The average molecular weight is 220 g/mol. The van der Waals surface area contributed by atoms with Crippen LogP contribution in [0.1, 0.15) is 33.1 Å². The van der Waals surface area contributed by atoms with Gasteiger partial charge in [-0.05, 0) is 39.8 Å². The number of piperidine rings is 1. The van der Waals surface area contributed by atoms with Crippen molar-refractivity contribution in [2.24, 2.45) is 0 Å². The van der Waals surface area contributed by atoms with E-state index in [2.05, 4.69) is 17.1 Å². The molecule has 15 heavy (non-hydrogen) atoms. The highest BCUT2D eigenvalue weighted by Crippen LogP contribution is 2.11. The molecule has 2 nitrogen and oxygen atoms in total. The second kappa shape index (κ2) is 6.38. The molecule has 0 spiro atoms. The number of alkyl halides is 2. The minimum Gasteiger partial charge on any atom is -0.308 e. The van der Waals surface area contributed by atoms with E-state index in [4.69, 9.17) is 0 Å². The van der Waals surface area contributed by atoms with Gasteiger partial charge in [-0.3, -0.25) is 4.90 Å². The van der Waals surface area contributed by atoms with Crippen molar-refractivity contribution in [3.8, 4) is 0 Å². The number of nitrogens with one attached hydrogen (secondary N) is 1. The molecule has 1 saturated heterocycles. The third-order valence-electron chi connectivity index (χ3n) is 3.13. The van der Waals surface area contributed by atoms with E-state index in [-0.39, 0.29) is 0 Å². The molecule has 0 aromatic heterocycles. The topological polar surface area (TPSA) is 15.3 Å². The third-order valence-corrected chi connectivity index (χ3v) is 3.13. The Hall–Kier alpha value is -0.220. The Morgan fingerprint density at radius 1 is 1.13 bits per heavy atom. The summed E-state index contributed by atoms with van der Waals surface area (Å²) >= 11 is 0. The van der Waals surface area contributed by atoms with Crippen LogP contribution in [0.3, 0.4) is 0 Å². The first-order valence-electron chi connectivity index (χ1n) is 5.87. The third kappa shape index (κ3) is 4.43. The summed E-state index contributed by atoms with van der Waals surface area (Å²) in [4.78, 5) is 2.38. The lowest BCUT2D eigenvalue weighted by molar-refractivity contribution is 0.0972. The maximum atomic E-state index is 12.2. The van der Waals surface area contributed by atoms with Crippen LogP contribution in [0.15, 0.2) is 0 Å². The molecule has 1 fully saturated rings. The van der Waals surface area contributed by atoms with E-state index >= 15 is 0 Å². The number of halogens is 2.